The minimum atomic E-state index is -0.869. The summed E-state index contributed by atoms with van der Waals surface area (Å²) < 4.78 is 0. The molecule has 6 nitrogen and oxygen atoms in total. The van der Waals surface area contributed by atoms with Crippen molar-refractivity contribution in [2.24, 2.45) is 0 Å². The molecule has 2 rings (SSSR count). The Morgan fingerprint density at radius 3 is 2.44 bits per heavy atom. The molecule has 144 valence electrons. The van der Waals surface area contributed by atoms with Crippen LogP contribution in [0.3, 0.4) is 0 Å². The van der Waals surface area contributed by atoms with Gasteiger partial charge in [0.05, 0.1) is 0 Å². The molecule has 27 heavy (non-hydrogen) atoms. The van der Waals surface area contributed by atoms with Crippen LogP contribution < -0.4 is 10.6 Å². The fraction of sp³-hybridized carbons (Fsp3) is 0.381. The first kappa shape index (κ1) is 20.4. The summed E-state index contributed by atoms with van der Waals surface area (Å²) in [6.07, 6.45) is 2.71. The second-order valence-corrected chi connectivity index (χ2v) is 7.24. The molecule has 0 bridgehead atoms. The number of aromatic nitrogens is 1. The molecule has 1 aromatic heterocycles. The van der Waals surface area contributed by atoms with Crippen LogP contribution in [0, 0.1) is 0 Å². The van der Waals surface area contributed by atoms with Gasteiger partial charge in [0, 0.05) is 36.3 Å². The number of hydrogen-bond donors (Lipinski definition) is 3. The number of urea groups is 1. The SMILES string of the molecule is CC(C)(CNC(=O)NC(CCC(=O)O)Cc1ccccc1)c1ccccn1. The molecule has 3 N–H and O–H groups in total. The third-order valence-corrected chi connectivity index (χ3v) is 4.42. The Morgan fingerprint density at radius 1 is 1.11 bits per heavy atom. The second kappa shape index (κ2) is 9.71. The molecule has 1 atom stereocenters. The molecular weight excluding hydrogens is 342 g/mol. The van der Waals surface area contributed by atoms with Gasteiger partial charge in [-0.2, -0.15) is 0 Å². The predicted octanol–water partition coefficient (Wildman–Crippen LogP) is 3.13. The number of amides is 2. The van der Waals surface area contributed by atoms with Crippen LogP contribution in [0.1, 0.15) is 37.9 Å². The summed E-state index contributed by atoms with van der Waals surface area (Å²) in [7, 11) is 0. The van der Waals surface area contributed by atoms with E-state index in [4.69, 9.17) is 5.11 Å². The minimum absolute atomic E-state index is 0.0111. The van der Waals surface area contributed by atoms with Gasteiger partial charge in [-0.25, -0.2) is 4.79 Å². The molecule has 1 unspecified atom stereocenters. The van der Waals surface area contributed by atoms with E-state index in [-0.39, 0.29) is 23.9 Å². The van der Waals surface area contributed by atoms with E-state index in [0.717, 1.165) is 11.3 Å². The maximum Gasteiger partial charge on any atom is 0.315 e. The summed E-state index contributed by atoms with van der Waals surface area (Å²) >= 11 is 0. The molecular formula is C21H27N3O3. The van der Waals surface area contributed by atoms with Crippen molar-refractivity contribution < 1.29 is 14.7 Å². The zero-order chi connectivity index (χ0) is 19.7. The lowest BCUT2D eigenvalue weighted by molar-refractivity contribution is -0.137. The number of carboxylic acids is 1. The number of hydrogen-bond acceptors (Lipinski definition) is 3. The fourth-order valence-corrected chi connectivity index (χ4v) is 2.81. The maximum atomic E-state index is 12.4. The van der Waals surface area contributed by atoms with E-state index in [1.807, 2.05) is 62.4 Å². The highest BCUT2D eigenvalue weighted by Crippen LogP contribution is 2.19. The van der Waals surface area contributed by atoms with Gasteiger partial charge in [-0.1, -0.05) is 50.2 Å². The summed E-state index contributed by atoms with van der Waals surface area (Å²) in [5.74, 6) is -0.869. The molecule has 0 aliphatic heterocycles. The van der Waals surface area contributed by atoms with E-state index in [9.17, 15) is 9.59 Å². The number of nitrogens with zero attached hydrogens (tertiary/aromatic N) is 1. The van der Waals surface area contributed by atoms with E-state index in [1.165, 1.54) is 0 Å². The van der Waals surface area contributed by atoms with Crippen molar-refractivity contribution >= 4 is 12.0 Å². The summed E-state index contributed by atoms with van der Waals surface area (Å²) in [5, 5.41) is 14.8. The zero-order valence-corrected chi connectivity index (χ0v) is 15.8. The number of carboxylic acid groups (broad SMARTS) is 1. The van der Waals surface area contributed by atoms with Crippen molar-refractivity contribution in [1.29, 1.82) is 0 Å². The normalized spacial score (nSPS) is 12.2. The number of nitrogens with one attached hydrogen (secondary N) is 2. The van der Waals surface area contributed by atoms with Crippen LogP contribution >= 0.6 is 0 Å². The Morgan fingerprint density at radius 2 is 1.81 bits per heavy atom. The van der Waals surface area contributed by atoms with Crippen molar-refractivity contribution in [3.63, 3.8) is 0 Å². The van der Waals surface area contributed by atoms with Gasteiger partial charge < -0.3 is 15.7 Å². The van der Waals surface area contributed by atoms with Gasteiger partial charge >= 0.3 is 12.0 Å². The Kier molecular flexibility index (Phi) is 7.34. The van der Waals surface area contributed by atoms with E-state index in [0.29, 0.717) is 19.4 Å². The van der Waals surface area contributed by atoms with Crippen LogP contribution in [0.25, 0.3) is 0 Å². The predicted molar refractivity (Wildman–Crippen MR) is 105 cm³/mol. The molecule has 6 heteroatoms. The van der Waals surface area contributed by atoms with Gasteiger partial charge in [-0.3, -0.25) is 9.78 Å². The first-order chi connectivity index (χ1) is 12.9. The van der Waals surface area contributed by atoms with Crippen molar-refractivity contribution in [1.82, 2.24) is 15.6 Å². The summed E-state index contributed by atoms with van der Waals surface area (Å²) in [5.41, 5.74) is 1.65. The highest BCUT2D eigenvalue weighted by atomic mass is 16.4. The summed E-state index contributed by atoms with van der Waals surface area (Å²) in [6.45, 7) is 4.45. The standard InChI is InChI=1S/C21H27N3O3/c1-21(2,18-10-6-7-13-22-18)15-23-20(27)24-17(11-12-19(25)26)14-16-8-4-3-5-9-16/h3-10,13,17H,11-12,14-15H2,1-2H3,(H,25,26)(H2,23,24,27). The van der Waals surface area contributed by atoms with E-state index in [1.54, 1.807) is 6.20 Å². The van der Waals surface area contributed by atoms with Crippen LogP contribution in [0.15, 0.2) is 54.7 Å². The molecule has 0 radical (unpaired) electrons. The van der Waals surface area contributed by atoms with Crippen molar-refractivity contribution in [2.75, 3.05) is 6.54 Å². The van der Waals surface area contributed by atoms with E-state index in [2.05, 4.69) is 15.6 Å². The molecule has 0 fully saturated rings. The highest BCUT2D eigenvalue weighted by Gasteiger charge is 2.23. The number of aliphatic carboxylic acids is 1. The molecule has 0 saturated heterocycles. The van der Waals surface area contributed by atoms with Crippen LogP contribution in [0.5, 0.6) is 0 Å². The van der Waals surface area contributed by atoms with E-state index < -0.39 is 5.97 Å². The fourth-order valence-electron chi connectivity index (χ4n) is 2.81. The lowest BCUT2D eigenvalue weighted by Crippen LogP contribution is -2.47. The molecule has 2 aromatic rings. The summed E-state index contributed by atoms with van der Waals surface area (Å²) in [4.78, 5) is 27.7. The maximum absolute atomic E-state index is 12.4. The molecule has 1 aromatic carbocycles. The topological polar surface area (TPSA) is 91.3 Å². The Hall–Kier alpha value is -2.89. The quantitative estimate of drug-likeness (QED) is 0.633. The lowest BCUT2D eigenvalue weighted by Gasteiger charge is -2.25. The first-order valence-electron chi connectivity index (χ1n) is 9.08. The molecule has 1 heterocycles. The third kappa shape index (κ3) is 7.09. The number of pyridine rings is 1. The van der Waals surface area contributed by atoms with Gasteiger partial charge in [-0.05, 0) is 30.5 Å². The molecule has 0 saturated carbocycles. The number of benzene rings is 1. The van der Waals surface area contributed by atoms with Gasteiger partial charge in [0.25, 0.3) is 0 Å². The smallest absolute Gasteiger partial charge is 0.315 e. The first-order valence-corrected chi connectivity index (χ1v) is 9.08. The number of carbonyl (C=O) groups is 2. The van der Waals surface area contributed by atoms with Crippen LogP contribution in [0.4, 0.5) is 4.79 Å². The van der Waals surface area contributed by atoms with Gasteiger partial charge in [0.1, 0.15) is 0 Å². The Labute approximate surface area is 160 Å². The lowest BCUT2D eigenvalue weighted by atomic mass is 9.89. The van der Waals surface area contributed by atoms with Crippen LogP contribution in [-0.2, 0) is 16.6 Å². The average molecular weight is 369 g/mol. The second-order valence-electron chi connectivity index (χ2n) is 7.24. The van der Waals surface area contributed by atoms with E-state index >= 15 is 0 Å². The van der Waals surface area contributed by atoms with Gasteiger partial charge in [0.2, 0.25) is 0 Å². The molecule has 0 spiro atoms. The largest absolute Gasteiger partial charge is 0.481 e. The monoisotopic (exact) mass is 369 g/mol. The average Bonchev–Trinajstić information content (AvgIpc) is 2.66. The Balaban J connectivity index is 1.93. The summed E-state index contributed by atoms with van der Waals surface area (Å²) in [6, 6.07) is 14.9. The Bertz CT molecular complexity index is 733. The zero-order valence-electron chi connectivity index (χ0n) is 15.8. The van der Waals surface area contributed by atoms with Gasteiger partial charge in [0.15, 0.2) is 0 Å². The van der Waals surface area contributed by atoms with Gasteiger partial charge in [-0.15, -0.1) is 0 Å². The van der Waals surface area contributed by atoms with Crippen molar-refractivity contribution in [3.05, 3.63) is 66.0 Å². The highest BCUT2D eigenvalue weighted by molar-refractivity contribution is 5.74. The molecule has 0 aliphatic carbocycles. The number of carbonyl (C=O) groups excluding carboxylic acids is 1. The third-order valence-electron chi connectivity index (χ3n) is 4.42. The number of rotatable bonds is 9. The molecule has 0 aliphatic rings. The molecule has 2 amide bonds. The van der Waals surface area contributed by atoms with Crippen LogP contribution in [0.2, 0.25) is 0 Å². The minimum Gasteiger partial charge on any atom is -0.481 e. The van der Waals surface area contributed by atoms with Crippen LogP contribution in [-0.4, -0.2) is 34.7 Å². The van der Waals surface area contributed by atoms with Crippen molar-refractivity contribution in [2.45, 2.75) is 44.6 Å². The van der Waals surface area contributed by atoms with Crippen molar-refractivity contribution in [3.8, 4) is 0 Å².